The van der Waals surface area contributed by atoms with E-state index in [9.17, 15) is 4.79 Å². The molecule has 1 aliphatic heterocycles. The molecular weight excluding hydrogens is 218 g/mol. The molecule has 17 heavy (non-hydrogen) atoms. The molecule has 90 valence electrons. The highest BCUT2D eigenvalue weighted by atomic mass is 16.4. The zero-order chi connectivity index (χ0) is 12.3. The Bertz CT molecular complexity index is 457. The van der Waals surface area contributed by atoms with Crippen molar-refractivity contribution in [3.05, 3.63) is 29.8 Å². The number of nitrogens with zero attached hydrogens (tertiary/aromatic N) is 2. The summed E-state index contributed by atoms with van der Waals surface area (Å²) in [6.45, 7) is 0.689. The molecule has 1 aromatic rings. The molecule has 0 atom stereocenters. The van der Waals surface area contributed by atoms with Crippen LogP contribution in [-0.2, 0) is 11.2 Å². The van der Waals surface area contributed by atoms with Crippen LogP contribution in [0.4, 0.5) is 5.69 Å². The van der Waals surface area contributed by atoms with Gasteiger partial charge in [0.2, 0.25) is 5.91 Å². The number of nitrogens with two attached hydrogens (primary N) is 1. The van der Waals surface area contributed by atoms with Crippen molar-refractivity contribution >= 4 is 17.4 Å². The molecule has 0 unspecified atom stereocenters. The second-order valence-corrected chi connectivity index (χ2v) is 4.05. The number of amidine groups is 1. The van der Waals surface area contributed by atoms with E-state index in [2.05, 4.69) is 5.16 Å². The highest BCUT2D eigenvalue weighted by Gasteiger charge is 2.22. The third-order valence-electron chi connectivity index (χ3n) is 2.87. The molecule has 1 aliphatic rings. The first-order valence-corrected chi connectivity index (χ1v) is 5.57. The molecule has 1 aromatic carbocycles. The molecule has 0 saturated carbocycles. The van der Waals surface area contributed by atoms with Crippen molar-refractivity contribution in [3.8, 4) is 0 Å². The van der Waals surface area contributed by atoms with E-state index in [4.69, 9.17) is 10.9 Å². The van der Waals surface area contributed by atoms with E-state index < -0.39 is 0 Å². The first kappa shape index (κ1) is 11.4. The predicted molar refractivity (Wildman–Crippen MR) is 65.1 cm³/mol. The van der Waals surface area contributed by atoms with Crippen LogP contribution < -0.4 is 10.6 Å². The maximum Gasteiger partial charge on any atom is 0.234 e. The van der Waals surface area contributed by atoms with Crippen LogP contribution in [0, 0.1) is 0 Å². The van der Waals surface area contributed by atoms with Crippen molar-refractivity contribution in [2.45, 2.75) is 19.3 Å². The molecule has 2 rings (SSSR count). The molecule has 0 spiro atoms. The van der Waals surface area contributed by atoms with Crippen LogP contribution in [0.15, 0.2) is 29.4 Å². The minimum absolute atomic E-state index is 0.0508. The second kappa shape index (κ2) is 4.86. The quantitative estimate of drug-likeness (QED) is 0.347. The molecular formula is C12H15N3O2. The van der Waals surface area contributed by atoms with Gasteiger partial charge in [-0.05, 0) is 24.5 Å². The summed E-state index contributed by atoms with van der Waals surface area (Å²) in [4.78, 5) is 13.7. The van der Waals surface area contributed by atoms with E-state index in [0.29, 0.717) is 6.54 Å². The number of benzene rings is 1. The van der Waals surface area contributed by atoms with Gasteiger partial charge in [-0.3, -0.25) is 4.79 Å². The van der Waals surface area contributed by atoms with Gasteiger partial charge >= 0.3 is 0 Å². The fourth-order valence-electron chi connectivity index (χ4n) is 2.08. The highest BCUT2D eigenvalue weighted by molar-refractivity contribution is 6.06. The first-order chi connectivity index (χ1) is 8.22. The maximum absolute atomic E-state index is 12.0. The summed E-state index contributed by atoms with van der Waals surface area (Å²) in [5.74, 6) is -0.189. The lowest BCUT2D eigenvalue weighted by molar-refractivity contribution is -0.117. The van der Waals surface area contributed by atoms with Gasteiger partial charge in [0, 0.05) is 12.2 Å². The van der Waals surface area contributed by atoms with E-state index >= 15 is 0 Å². The minimum atomic E-state index is -0.132. The van der Waals surface area contributed by atoms with Crippen molar-refractivity contribution in [1.82, 2.24) is 0 Å². The van der Waals surface area contributed by atoms with Gasteiger partial charge in [0.25, 0.3) is 0 Å². The lowest BCUT2D eigenvalue weighted by Crippen LogP contribution is -2.37. The topological polar surface area (TPSA) is 78.9 Å². The lowest BCUT2D eigenvalue weighted by Gasteiger charge is -2.29. The average molecular weight is 233 g/mol. The molecule has 0 radical (unpaired) electrons. The Kier molecular flexibility index (Phi) is 3.27. The van der Waals surface area contributed by atoms with Gasteiger partial charge in [0.15, 0.2) is 0 Å². The van der Waals surface area contributed by atoms with Crippen LogP contribution in [0.1, 0.15) is 18.4 Å². The minimum Gasteiger partial charge on any atom is -0.409 e. The Morgan fingerprint density at radius 3 is 3.00 bits per heavy atom. The van der Waals surface area contributed by atoms with Crippen LogP contribution in [0.5, 0.6) is 0 Å². The number of rotatable bonds is 2. The monoisotopic (exact) mass is 233 g/mol. The average Bonchev–Trinajstić information content (AvgIpc) is 2.37. The summed E-state index contributed by atoms with van der Waals surface area (Å²) < 4.78 is 0. The van der Waals surface area contributed by atoms with E-state index in [0.717, 1.165) is 18.5 Å². The number of hydrogen-bond donors (Lipinski definition) is 2. The SMILES string of the molecule is N/C(CC(=O)N1CCCc2ccccc21)=N\O. The third kappa shape index (κ3) is 2.38. The summed E-state index contributed by atoms with van der Waals surface area (Å²) in [5, 5.41) is 11.3. The number of aryl methyl sites for hydroxylation is 1. The zero-order valence-corrected chi connectivity index (χ0v) is 9.47. The number of fused-ring (bicyclic) bond motifs is 1. The van der Waals surface area contributed by atoms with E-state index in [1.165, 1.54) is 5.56 Å². The molecule has 1 amide bonds. The zero-order valence-electron chi connectivity index (χ0n) is 9.47. The maximum atomic E-state index is 12.0. The van der Waals surface area contributed by atoms with Gasteiger partial charge < -0.3 is 15.8 Å². The van der Waals surface area contributed by atoms with Crippen molar-refractivity contribution < 1.29 is 10.0 Å². The number of carbonyl (C=O) groups excluding carboxylic acids is 1. The van der Waals surface area contributed by atoms with Gasteiger partial charge in [0.1, 0.15) is 5.84 Å². The molecule has 0 bridgehead atoms. The van der Waals surface area contributed by atoms with Crippen molar-refractivity contribution in [1.29, 1.82) is 0 Å². The molecule has 5 nitrogen and oxygen atoms in total. The smallest absolute Gasteiger partial charge is 0.234 e. The Labute approximate surface area is 99.5 Å². The summed E-state index contributed by atoms with van der Waals surface area (Å²) in [6.07, 6.45) is 1.88. The third-order valence-corrected chi connectivity index (χ3v) is 2.87. The van der Waals surface area contributed by atoms with E-state index in [-0.39, 0.29) is 18.2 Å². The Morgan fingerprint density at radius 1 is 1.47 bits per heavy atom. The molecule has 0 fully saturated rings. The standard InChI is InChI=1S/C12H15N3O2/c13-11(14-17)8-12(16)15-7-3-5-9-4-1-2-6-10(9)15/h1-2,4,6,17H,3,5,7-8H2,(H2,13,14). The number of carbonyl (C=O) groups is 1. The van der Waals surface area contributed by atoms with Crippen LogP contribution in [0.2, 0.25) is 0 Å². The van der Waals surface area contributed by atoms with Gasteiger partial charge in [-0.1, -0.05) is 23.4 Å². The number of oxime groups is 1. The molecule has 0 aliphatic carbocycles. The molecule has 3 N–H and O–H groups in total. The Hall–Kier alpha value is -2.04. The largest absolute Gasteiger partial charge is 0.409 e. The number of anilines is 1. The van der Waals surface area contributed by atoms with Gasteiger partial charge in [-0.2, -0.15) is 0 Å². The van der Waals surface area contributed by atoms with Crippen LogP contribution in [0.25, 0.3) is 0 Å². The molecule has 0 saturated heterocycles. The molecule has 0 aromatic heterocycles. The van der Waals surface area contributed by atoms with Crippen LogP contribution in [-0.4, -0.2) is 23.5 Å². The van der Waals surface area contributed by atoms with Crippen LogP contribution >= 0.6 is 0 Å². The number of para-hydroxylation sites is 1. The second-order valence-electron chi connectivity index (χ2n) is 4.05. The Balaban J connectivity index is 2.21. The fourth-order valence-corrected chi connectivity index (χ4v) is 2.08. The van der Waals surface area contributed by atoms with Gasteiger partial charge in [-0.25, -0.2) is 0 Å². The van der Waals surface area contributed by atoms with Crippen LogP contribution in [0.3, 0.4) is 0 Å². The number of hydrogen-bond acceptors (Lipinski definition) is 3. The molecule has 1 heterocycles. The summed E-state index contributed by atoms with van der Waals surface area (Å²) in [7, 11) is 0. The highest BCUT2D eigenvalue weighted by Crippen LogP contribution is 2.26. The van der Waals surface area contributed by atoms with Gasteiger partial charge in [-0.15, -0.1) is 0 Å². The van der Waals surface area contributed by atoms with Crippen molar-refractivity contribution in [2.24, 2.45) is 10.9 Å². The van der Waals surface area contributed by atoms with Gasteiger partial charge in [0.05, 0.1) is 6.42 Å². The lowest BCUT2D eigenvalue weighted by atomic mass is 10.0. The summed E-state index contributed by atoms with van der Waals surface area (Å²) >= 11 is 0. The predicted octanol–water partition coefficient (Wildman–Crippen LogP) is 1.10. The van der Waals surface area contributed by atoms with E-state index in [1.807, 2.05) is 24.3 Å². The molecule has 5 heteroatoms. The van der Waals surface area contributed by atoms with Crippen molar-refractivity contribution in [2.75, 3.05) is 11.4 Å². The normalized spacial score (nSPS) is 15.5. The summed E-state index contributed by atoms with van der Waals surface area (Å²) in [6, 6.07) is 7.83. The first-order valence-electron chi connectivity index (χ1n) is 5.57. The van der Waals surface area contributed by atoms with Crippen molar-refractivity contribution in [3.63, 3.8) is 0 Å². The Morgan fingerprint density at radius 2 is 2.24 bits per heavy atom. The van der Waals surface area contributed by atoms with E-state index in [1.54, 1.807) is 4.90 Å². The summed E-state index contributed by atoms with van der Waals surface area (Å²) in [5.41, 5.74) is 7.47. The number of amides is 1. The fraction of sp³-hybridized carbons (Fsp3) is 0.333.